The van der Waals surface area contributed by atoms with Crippen LogP contribution >= 0.6 is 0 Å². The molecule has 108 valence electrons. The lowest BCUT2D eigenvalue weighted by atomic mass is 10.0. The Bertz CT molecular complexity index is 494. The van der Waals surface area contributed by atoms with Crippen molar-refractivity contribution in [3.63, 3.8) is 0 Å². The zero-order valence-corrected chi connectivity index (χ0v) is 11.6. The Morgan fingerprint density at radius 2 is 1.95 bits per heavy atom. The molecule has 20 heavy (non-hydrogen) atoms. The fourth-order valence-corrected chi connectivity index (χ4v) is 2.12. The van der Waals surface area contributed by atoms with E-state index in [4.69, 9.17) is 10.8 Å². The first-order valence-corrected chi connectivity index (χ1v) is 6.80. The van der Waals surface area contributed by atoms with Crippen LogP contribution in [0.5, 0.6) is 0 Å². The van der Waals surface area contributed by atoms with Crippen LogP contribution in [0.1, 0.15) is 30.0 Å². The fourth-order valence-electron chi connectivity index (χ4n) is 2.12. The molecule has 3 N–H and O–H groups in total. The third-order valence-electron chi connectivity index (χ3n) is 3.52. The van der Waals surface area contributed by atoms with Gasteiger partial charge in [0.15, 0.2) is 0 Å². The Balaban J connectivity index is 2.08. The highest BCUT2D eigenvalue weighted by Gasteiger charge is 2.30. The van der Waals surface area contributed by atoms with Gasteiger partial charge in [0, 0.05) is 6.54 Å². The molecule has 0 bridgehead atoms. The van der Waals surface area contributed by atoms with Crippen molar-refractivity contribution in [3.05, 3.63) is 35.4 Å². The number of aryl methyl sites for hydroxylation is 1. The van der Waals surface area contributed by atoms with E-state index in [1.165, 1.54) is 4.90 Å². The molecule has 0 radical (unpaired) electrons. The Labute approximate surface area is 118 Å². The number of carbonyl (C=O) groups is 2. The van der Waals surface area contributed by atoms with Gasteiger partial charge < -0.3 is 15.7 Å². The first-order chi connectivity index (χ1) is 9.47. The van der Waals surface area contributed by atoms with E-state index in [1.807, 2.05) is 31.2 Å². The summed E-state index contributed by atoms with van der Waals surface area (Å²) in [7, 11) is 0. The average Bonchev–Trinajstić information content (AvgIpc) is 3.20. The minimum absolute atomic E-state index is 0.283. The minimum atomic E-state index is -1.00. The van der Waals surface area contributed by atoms with Crippen molar-refractivity contribution in [2.75, 3.05) is 13.1 Å². The predicted octanol–water partition coefficient (Wildman–Crippen LogP) is 1.32. The van der Waals surface area contributed by atoms with Gasteiger partial charge in [0.25, 0.3) is 0 Å². The van der Waals surface area contributed by atoms with Crippen molar-refractivity contribution in [1.29, 1.82) is 0 Å². The van der Waals surface area contributed by atoms with E-state index in [-0.39, 0.29) is 12.5 Å². The van der Waals surface area contributed by atoms with Gasteiger partial charge >= 0.3 is 5.97 Å². The van der Waals surface area contributed by atoms with Crippen molar-refractivity contribution >= 4 is 11.9 Å². The van der Waals surface area contributed by atoms with Crippen molar-refractivity contribution in [1.82, 2.24) is 4.90 Å². The lowest BCUT2D eigenvalue weighted by Gasteiger charge is -2.24. The van der Waals surface area contributed by atoms with E-state index >= 15 is 0 Å². The zero-order valence-electron chi connectivity index (χ0n) is 11.6. The summed E-state index contributed by atoms with van der Waals surface area (Å²) in [6.45, 7) is 2.17. The Morgan fingerprint density at radius 1 is 1.35 bits per heavy atom. The molecule has 5 nitrogen and oxygen atoms in total. The highest BCUT2D eigenvalue weighted by atomic mass is 16.4. The molecule has 1 aliphatic carbocycles. The maximum Gasteiger partial charge on any atom is 0.323 e. The average molecular weight is 276 g/mol. The Morgan fingerprint density at radius 3 is 2.45 bits per heavy atom. The van der Waals surface area contributed by atoms with Gasteiger partial charge in [-0.25, -0.2) is 0 Å². The largest absolute Gasteiger partial charge is 0.480 e. The van der Waals surface area contributed by atoms with Gasteiger partial charge in [-0.15, -0.1) is 0 Å². The van der Waals surface area contributed by atoms with Gasteiger partial charge in [-0.3, -0.25) is 9.59 Å². The summed E-state index contributed by atoms with van der Waals surface area (Å²) in [6.07, 6.45) is 2.12. The molecule has 1 aromatic rings. The molecule has 0 heterocycles. The quantitative estimate of drug-likeness (QED) is 0.820. The molecule has 1 fully saturated rings. The number of hydrogen-bond donors (Lipinski definition) is 2. The van der Waals surface area contributed by atoms with E-state index < -0.39 is 12.0 Å². The SMILES string of the molecule is Cc1ccc(C(N)C(=O)N(CC(=O)O)CC2CC2)cc1. The van der Waals surface area contributed by atoms with E-state index in [2.05, 4.69) is 0 Å². The van der Waals surface area contributed by atoms with Crippen LogP contribution in [-0.4, -0.2) is 35.0 Å². The first-order valence-electron chi connectivity index (χ1n) is 6.80. The molecule has 0 aromatic heterocycles. The summed E-state index contributed by atoms with van der Waals surface area (Å²) >= 11 is 0. The third kappa shape index (κ3) is 3.81. The number of benzene rings is 1. The molecule has 1 unspecified atom stereocenters. The molecular formula is C15H20N2O3. The highest BCUT2D eigenvalue weighted by Crippen LogP contribution is 2.30. The second-order valence-electron chi connectivity index (χ2n) is 5.44. The molecule has 5 heteroatoms. The van der Waals surface area contributed by atoms with Crippen LogP contribution < -0.4 is 5.73 Å². The first kappa shape index (κ1) is 14.5. The van der Waals surface area contributed by atoms with Crippen molar-refractivity contribution in [2.24, 2.45) is 11.7 Å². The molecule has 1 aliphatic rings. The van der Waals surface area contributed by atoms with Gasteiger partial charge in [0.2, 0.25) is 5.91 Å². The molecule has 0 spiro atoms. The summed E-state index contributed by atoms with van der Waals surface area (Å²) < 4.78 is 0. The lowest BCUT2D eigenvalue weighted by Crippen LogP contribution is -2.42. The number of nitrogens with zero attached hydrogens (tertiary/aromatic N) is 1. The molecule has 1 amide bonds. The van der Waals surface area contributed by atoms with Crippen LogP contribution in [0, 0.1) is 12.8 Å². The summed E-state index contributed by atoms with van der Waals surface area (Å²) in [5.74, 6) is -0.887. The summed E-state index contributed by atoms with van der Waals surface area (Å²) in [5.41, 5.74) is 7.78. The van der Waals surface area contributed by atoms with Crippen LogP contribution in [0.15, 0.2) is 24.3 Å². The number of hydrogen-bond acceptors (Lipinski definition) is 3. The molecule has 0 aliphatic heterocycles. The van der Waals surface area contributed by atoms with E-state index in [1.54, 1.807) is 0 Å². The fraction of sp³-hybridized carbons (Fsp3) is 0.467. The lowest BCUT2D eigenvalue weighted by molar-refractivity contribution is -0.145. The number of rotatable bonds is 6. The van der Waals surface area contributed by atoms with E-state index in [0.29, 0.717) is 18.0 Å². The standard InChI is InChI=1S/C15H20N2O3/c1-10-2-6-12(7-3-10)14(16)15(20)17(9-13(18)19)8-11-4-5-11/h2-3,6-7,11,14H,4-5,8-9,16H2,1H3,(H,18,19). The second kappa shape index (κ2) is 6.05. The van der Waals surface area contributed by atoms with E-state index in [0.717, 1.165) is 18.4 Å². The number of carboxylic acids is 1. The van der Waals surface area contributed by atoms with Crippen molar-refractivity contribution in [2.45, 2.75) is 25.8 Å². The number of amides is 1. The summed E-state index contributed by atoms with van der Waals surface area (Å²) in [4.78, 5) is 24.6. The molecule has 1 saturated carbocycles. The smallest absolute Gasteiger partial charge is 0.323 e. The normalized spacial score (nSPS) is 15.7. The van der Waals surface area contributed by atoms with Gasteiger partial charge in [-0.1, -0.05) is 29.8 Å². The van der Waals surface area contributed by atoms with Gasteiger partial charge in [-0.05, 0) is 31.2 Å². The van der Waals surface area contributed by atoms with Crippen molar-refractivity contribution in [3.8, 4) is 0 Å². The highest BCUT2D eigenvalue weighted by molar-refractivity contribution is 5.86. The molecule has 2 rings (SSSR count). The Kier molecular flexibility index (Phi) is 4.39. The second-order valence-corrected chi connectivity index (χ2v) is 5.44. The monoisotopic (exact) mass is 276 g/mol. The topological polar surface area (TPSA) is 83.6 Å². The van der Waals surface area contributed by atoms with Gasteiger partial charge in [0.1, 0.15) is 12.6 Å². The van der Waals surface area contributed by atoms with Crippen LogP contribution in [0.2, 0.25) is 0 Å². The van der Waals surface area contributed by atoms with E-state index in [9.17, 15) is 9.59 Å². The number of nitrogens with two attached hydrogens (primary N) is 1. The summed E-state index contributed by atoms with van der Waals surface area (Å²) in [6, 6.07) is 6.62. The predicted molar refractivity (Wildman–Crippen MR) is 75.0 cm³/mol. The zero-order chi connectivity index (χ0) is 14.7. The van der Waals surface area contributed by atoms with Crippen LogP contribution in [0.4, 0.5) is 0 Å². The maximum absolute atomic E-state index is 12.4. The van der Waals surface area contributed by atoms with Crippen LogP contribution in [0.25, 0.3) is 0 Å². The van der Waals surface area contributed by atoms with Gasteiger partial charge in [0.05, 0.1) is 0 Å². The summed E-state index contributed by atoms with van der Waals surface area (Å²) in [5, 5.41) is 8.92. The molecule has 1 aromatic carbocycles. The minimum Gasteiger partial charge on any atom is -0.480 e. The number of carboxylic acid groups (broad SMARTS) is 1. The van der Waals surface area contributed by atoms with Crippen molar-refractivity contribution < 1.29 is 14.7 Å². The molecular weight excluding hydrogens is 256 g/mol. The Hall–Kier alpha value is -1.88. The number of carbonyl (C=O) groups excluding carboxylic acids is 1. The van der Waals surface area contributed by atoms with Crippen LogP contribution in [0.3, 0.4) is 0 Å². The van der Waals surface area contributed by atoms with Crippen LogP contribution in [-0.2, 0) is 9.59 Å². The van der Waals surface area contributed by atoms with Gasteiger partial charge in [-0.2, -0.15) is 0 Å². The molecule has 1 atom stereocenters. The maximum atomic E-state index is 12.4. The number of aliphatic carboxylic acids is 1. The third-order valence-corrected chi connectivity index (χ3v) is 3.52. The molecule has 0 saturated heterocycles.